The molecule has 0 saturated carbocycles. The molecule has 1 fully saturated rings. The van der Waals surface area contributed by atoms with E-state index in [9.17, 15) is 4.79 Å². The Hall–Kier alpha value is -2.70. The van der Waals surface area contributed by atoms with E-state index in [4.69, 9.17) is 17.0 Å². The number of aromatic nitrogens is 1. The Morgan fingerprint density at radius 3 is 2.52 bits per heavy atom. The van der Waals surface area contributed by atoms with Crippen molar-refractivity contribution in [1.82, 2.24) is 15.6 Å². The summed E-state index contributed by atoms with van der Waals surface area (Å²) in [5.41, 5.74) is 4.49. The molecule has 1 aliphatic rings. The Morgan fingerprint density at radius 1 is 1.24 bits per heavy atom. The fourth-order valence-electron chi connectivity index (χ4n) is 4.24. The molecule has 0 radical (unpaired) electrons. The highest BCUT2D eigenvalue weighted by Gasteiger charge is 2.35. The Kier molecular flexibility index (Phi) is 8.64. The number of aldehydes is 1. The van der Waals surface area contributed by atoms with E-state index in [1.54, 1.807) is 6.20 Å². The number of nitrogens with zero attached hydrogens (tertiary/aromatic N) is 2. The van der Waals surface area contributed by atoms with Crippen molar-refractivity contribution >= 4 is 35.4 Å². The number of anilines is 1. The van der Waals surface area contributed by atoms with Crippen molar-refractivity contribution in [3.8, 4) is 11.1 Å². The van der Waals surface area contributed by atoms with E-state index in [2.05, 4.69) is 34.4 Å². The fourth-order valence-corrected chi connectivity index (χ4v) is 4.52. The van der Waals surface area contributed by atoms with Gasteiger partial charge in [-0.1, -0.05) is 35.9 Å². The third kappa shape index (κ3) is 6.01. The first kappa shape index (κ1) is 24.9. The highest BCUT2D eigenvalue weighted by Crippen LogP contribution is 2.41. The molecule has 6 nitrogen and oxygen atoms in total. The molecule has 3 rings (SSSR count). The normalized spacial score (nSPS) is 16.0. The predicted octanol–water partition coefficient (Wildman–Crippen LogP) is 4.79. The third-order valence-corrected chi connectivity index (χ3v) is 6.60. The zero-order valence-corrected chi connectivity index (χ0v) is 20.5. The molecular weight excluding hydrogens is 434 g/mol. The van der Waals surface area contributed by atoms with Gasteiger partial charge in [0.25, 0.3) is 0 Å². The van der Waals surface area contributed by atoms with Crippen LogP contribution in [0.5, 0.6) is 0 Å². The molecule has 2 heterocycles. The van der Waals surface area contributed by atoms with Crippen LogP contribution in [0.15, 0.2) is 42.9 Å². The van der Waals surface area contributed by atoms with Gasteiger partial charge < -0.3 is 25.7 Å². The molecule has 3 N–H and O–H groups in total. The number of rotatable bonds is 10. The van der Waals surface area contributed by atoms with Crippen LogP contribution in [0.3, 0.4) is 0 Å². The largest absolute Gasteiger partial charge is 0.388 e. The van der Waals surface area contributed by atoms with Gasteiger partial charge in [0.15, 0.2) is 0 Å². The predicted molar refractivity (Wildman–Crippen MR) is 138 cm³/mol. The summed E-state index contributed by atoms with van der Waals surface area (Å²) in [6, 6.07) is 8.44. The number of benzene rings is 1. The van der Waals surface area contributed by atoms with Crippen LogP contribution in [0.2, 0.25) is 5.02 Å². The number of pyridine rings is 1. The Morgan fingerprint density at radius 2 is 1.94 bits per heavy atom. The standard InChI is InChI=1S/C26H34ClN5O/c1-19(2)31-15-22(14-28)20-4-6-21(7-5-20)23-16-30-17-24(27)25(23)32-12-9-26(18-33,10-13-32)8-11-29-3/h4-7,14-19,28-29,31H,8-13H2,1-3H3/b22-15+,28-14?. The molecule has 0 amide bonds. The molecule has 1 aliphatic heterocycles. The van der Waals surface area contributed by atoms with Gasteiger partial charge in [-0.2, -0.15) is 0 Å². The minimum atomic E-state index is -0.264. The maximum Gasteiger partial charge on any atom is 0.126 e. The molecule has 1 saturated heterocycles. The van der Waals surface area contributed by atoms with Crippen LogP contribution in [0.25, 0.3) is 16.7 Å². The van der Waals surface area contributed by atoms with Crippen molar-refractivity contribution in [2.75, 3.05) is 31.6 Å². The minimum Gasteiger partial charge on any atom is -0.388 e. The van der Waals surface area contributed by atoms with Crippen LogP contribution in [0, 0.1) is 10.8 Å². The maximum atomic E-state index is 11.9. The van der Waals surface area contributed by atoms with Crippen molar-refractivity contribution in [2.45, 2.75) is 39.2 Å². The van der Waals surface area contributed by atoms with Crippen molar-refractivity contribution < 1.29 is 4.79 Å². The first-order valence-electron chi connectivity index (χ1n) is 11.5. The Balaban J connectivity index is 1.85. The van der Waals surface area contributed by atoms with E-state index >= 15 is 0 Å². The van der Waals surface area contributed by atoms with Gasteiger partial charge >= 0.3 is 0 Å². The van der Waals surface area contributed by atoms with Gasteiger partial charge in [-0.25, -0.2) is 0 Å². The molecule has 0 bridgehead atoms. The Bertz CT molecular complexity index is 979. The molecule has 33 heavy (non-hydrogen) atoms. The lowest BCUT2D eigenvalue weighted by atomic mass is 9.77. The van der Waals surface area contributed by atoms with Crippen LogP contribution in [0.4, 0.5) is 5.69 Å². The maximum absolute atomic E-state index is 11.9. The van der Waals surface area contributed by atoms with Gasteiger partial charge in [-0.05, 0) is 57.8 Å². The topological polar surface area (TPSA) is 81.1 Å². The van der Waals surface area contributed by atoms with E-state index in [-0.39, 0.29) is 5.41 Å². The number of hydrogen-bond acceptors (Lipinski definition) is 6. The van der Waals surface area contributed by atoms with Crippen LogP contribution < -0.4 is 15.5 Å². The molecule has 0 unspecified atom stereocenters. The lowest BCUT2D eigenvalue weighted by Crippen LogP contribution is -2.42. The zero-order chi connectivity index (χ0) is 23.8. The number of halogens is 1. The third-order valence-electron chi connectivity index (χ3n) is 6.33. The van der Waals surface area contributed by atoms with Crippen LogP contribution >= 0.6 is 11.6 Å². The Labute approximate surface area is 201 Å². The van der Waals surface area contributed by atoms with Gasteiger partial charge in [0, 0.05) is 60.5 Å². The summed E-state index contributed by atoms with van der Waals surface area (Å²) in [4.78, 5) is 18.5. The highest BCUT2D eigenvalue weighted by molar-refractivity contribution is 6.33. The smallest absolute Gasteiger partial charge is 0.126 e. The monoisotopic (exact) mass is 467 g/mol. The molecular formula is C26H34ClN5O. The number of hydrogen-bond donors (Lipinski definition) is 3. The number of nitrogens with one attached hydrogen (secondary N) is 3. The van der Waals surface area contributed by atoms with Gasteiger partial charge in [0.2, 0.25) is 0 Å². The summed E-state index contributed by atoms with van der Waals surface area (Å²) in [5, 5.41) is 14.8. The second-order valence-corrected chi connectivity index (χ2v) is 9.39. The number of piperidine rings is 1. The summed E-state index contributed by atoms with van der Waals surface area (Å²) < 4.78 is 0. The molecule has 2 aromatic rings. The zero-order valence-electron chi connectivity index (χ0n) is 19.7. The van der Waals surface area contributed by atoms with Crippen molar-refractivity contribution in [1.29, 1.82) is 5.41 Å². The highest BCUT2D eigenvalue weighted by atomic mass is 35.5. The summed E-state index contributed by atoms with van der Waals surface area (Å²) in [6.07, 6.45) is 10.4. The van der Waals surface area contributed by atoms with Gasteiger partial charge in [-0.3, -0.25) is 4.98 Å². The average molecular weight is 468 g/mol. The molecule has 0 spiro atoms. The molecule has 1 aromatic carbocycles. The first-order valence-corrected chi connectivity index (χ1v) is 11.9. The van der Waals surface area contributed by atoms with Crippen molar-refractivity contribution in [2.24, 2.45) is 5.41 Å². The molecule has 0 aliphatic carbocycles. The SMILES string of the molecule is CNCCC1(C=O)CCN(c2c(Cl)cncc2-c2ccc(/C(C=N)=C/NC(C)C)cc2)CC1. The van der Waals surface area contributed by atoms with E-state index < -0.39 is 0 Å². The van der Waals surface area contributed by atoms with Gasteiger partial charge in [-0.15, -0.1) is 0 Å². The van der Waals surface area contributed by atoms with Gasteiger partial charge in [0.1, 0.15) is 6.29 Å². The number of allylic oxidation sites excluding steroid dienone is 1. The second-order valence-electron chi connectivity index (χ2n) is 8.98. The van der Waals surface area contributed by atoms with E-state index in [1.807, 2.05) is 43.7 Å². The van der Waals surface area contributed by atoms with Crippen LogP contribution in [-0.4, -0.2) is 50.2 Å². The minimum absolute atomic E-state index is 0.264. The van der Waals surface area contributed by atoms with Crippen LogP contribution in [-0.2, 0) is 4.79 Å². The quantitative estimate of drug-likeness (QED) is 0.346. The molecule has 176 valence electrons. The van der Waals surface area contributed by atoms with E-state index in [0.29, 0.717) is 11.1 Å². The summed E-state index contributed by atoms with van der Waals surface area (Å²) in [6.45, 7) is 6.52. The second kappa shape index (κ2) is 11.4. The molecule has 0 atom stereocenters. The molecule has 7 heteroatoms. The van der Waals surface area contributed by atoms with Gasteiger partial charge in [0.05, 0.1) is 10.7 Å². The average Bonchev–Trinajstić information content (AvgIpc) is 2.84. The lowest BCUT2D eigenvalue weighted by molar-refractivity contribution is -0.117. The van der Waals surface area contributed by atoms with Crippen molar-refractivity contribution in [3.05, 3.63) is 53.4 Å². The van der Waals surface area contributed by atoms with Crippen LogP contribution in [0.1, 0.15) is 38.7 Å². The van der Waals surface area contributed by atoms with Crippen molar-refractivity contribution in [3.63, 3.8) is 0 Å². The summed E-state index contributed by atoms with van der Waals surface area (Å²) in [7, 11) is 1.92. The fraction of sp³-hybridized carbons (Fsp3) is 0.423. The molecule has 1 aromatic heterocycles. The number of carbonyl (C=O) groups is 1. The van der Waals surface area contributed by atoms with E-state index in [1.165, 1.54) is 6.21 Å². The van der Waals surface area contributed by atoms with E-state index in [0.717, 1.165) is 73.1 Å². The summed E-state index contributed by atoms with van der Waals surface area (Å²) in [5.74, 6) is 0. The first-order chi connectivity index (χ1) is 15.9. The number of carbonyl (C=O) groups excluding carboxylic acids is 1. The summed E-state index contributed by atoms with van der Waals surface area (Å²) >= 11 is 6.65. The lowest BCUT2D eigenvalue weighted by Gasteiger charge is -2.40.